The van der Waals surface area contributed by atoms with Gasteiger partial charge in [-0.05, 0) is 86.4 Å². The first kappa shape index (κ1) is 17.8. The largest absolute Gasteiger partial charge is 0.385 e. The van der Waals surface area contributed by atoms with Crippen molar-refractivity contribution in [2.24, 2.45) is 0 Å². The molecule has 122 valence electrons. The third-order valence-corrected chi connectivity index (χ3v) is 5.32. The highest BCUT2D eigenvalue weighted by Crippen LogP contribution is 2.34. The lowest BCUT2D eigenvalue weighted by Gasteiger charge is -2.34. The lowest BCUT2D eigenvalue weighted by molar-refractivity contribution is -0.0489. The molecular weight excluding hydrogens is 389 g/mol. The second-order valence-electron chi connectivity index (χ2n) is 6.52. The predicted octanol–water partition coefficient (Wildman–Crippen LogP) is 4.14. The van der Waals surface area contributed by atoms with E-state index in [4.69, 9.17) is 4.74 Å². The summed E-state index contributed by atoms with van der Waals surface area (Å²) in [5.41, 5.74) is 4.25. The minimum absolute atomic E-state index is 0.00520. The van der Waals surface area contributed by atoms with Crippen LogP contribution in [0.5, 0.6) is 0 Å². The number of nitrogens with one attached hydrogen (secondary N) is 1. The summed E-state index contributed by atoms with van der Waals surface area (Å²) in [7, 11) is 1.66. The molecule has 0 radical (unpaired) electrons. The van der Waals surface area contributed by atoms with Crippen LogP contribution in [0.1, 0.15) is 39.2 Å². The average molecular weight is 415 g/mol. The Labute approximate surface area is 147 Å². The quantitative estimate of drug-likeness (QED) is 0.542. The van der Waals surface area contributed by atoms with Gasteiger partial charge in [0, 0.05) is 16.4 Å². The van der Waals surface area contributed by atoms with Crippen molar-refractivity contribution in [3.63, 3.8) is 0 Å². The number of methoxy groups -OCH3 is 1. The lowest BCUT2D eigenvalue weighted by Crippen LogP contribution is -2.49. The first-order chi connectivity index (χ1) is 10.4. The van der Waals surface area contributed by atoms with Crippen LogP contribution in [0.4, 0.5) is 5.69 Å². The molecule has 1 aliphatic heterocycles. The van der Waals surface area contributed by atoms with Gasteiger partial charge in [0.25, 0.3) is 0 Å². The fraction of sp³-hybridized carbons (Fsp3) is 0.556. The summed E-state index contributed by atoms with van der Waals surface area (Å²) in [6.07, 6.45) is 2.45. The number of ether oxygens (including phenoxy) is 1. The van der Waals surface area contributed by atoms with Crippen molar-refractivity contribution in [1.29, 1.82) is 0 Å². The van der Waals surface area contributed by atoms with Crippen LogP contribution < -0.4 is 5.32 Å². The summed E-state index contributed by atoms with van der Waals surface area (Å²) < 4.78 is 6.56. The highest BCUT2D eigenvalue weighted by Gasteiger charge is 2.40. The van der Waals surface area contributed by atoms with Crippen molar-refractivity contribution in [3.05, 3.63) is 38.5 Å². The van der Waals surface area contributed by atoms with Gasteiger partial charge in [0.2, 0.25) is 0 Å². The molecule has 1 aliphatic rings. The topological polar surface area (TPSA) is 41.5 Å². The number of rotatable bonds is 6. The Balaban J connectivity index is 2.13. The maximum Gasteiger partial charge on any atom is 0.109 e. The lowest BCUT2D eigenvalue weighted by atomic mass is 9.86. The molecule has 1 aromatic rings. The SMILES string of the molecule is COC[C@](O)(CCC(C)=C(C)C)[C@@H]1Cc2cc(I)ccc2N1. The molecule has 22 heavy (non-hydrogen) atoms. The molecule has 1 aromatic carbocycles. The predicted molar refractivity (Wildman–Crippen MR) is 100 cm³/mol. The van der Waals surface area contributed by atoms with E-state index in [1.165, 1.54) is 20.3 Å². The van der Waals surface area contributed by atoms with Crippen LogP contribution in [0.15, 0.2) is 29.3 Å². The first-order valence-corrected chi connectivity index (χ1v) is 8.83. The molecule has 0 saturated heterocycles. The number of anilines is 1. The Morgan fingerprint density at radius 1 is 1.41 bits per heavy atom. The molecule has 3 nitrogen and oxygen atoms in total. The van der Waals surface area contributed by atoms with Crippen LogP contribution in [-0.2, 0) is 11.2 Å². The van der Waals surface area contributed by atoms with E-state index >= 15 is 0 Å². The summed E-state index contributed by atoms with van der Waals surface area (Å²) in [5.74, 6) is 0. The van der Waals surface area contributed by atoms with Crippen LogP contribution in [0, 0.1) is 3.57 Å². The molecular formula is C18H26INO2. The zero-order chi connectivity index (χ0) is 16.3. The molecule has 1 heterocycles. The molecule has 0 aromatic heterocycles. The molecule has 0 saturated carbocycles. The fourth-order valence-electron chi connectivity index (χ4n) is 2.91. The highest BCUT2D eigenvalue weighted by atomic mass is 127. The number of benzene rings is 1. The van der Waals surface area contributed by atoms with E-state index in [1.807, 2.05) is 0 Å². The average Bonchev–Trinajstić information content (AvgIpc) is 2.88. The summed E-state index contributed by atoms with van der Waals surface area (Å²) in [6.45, 7) is 6.74. The van der Waals surface area contributed by atoms with Crippen LogP contribution in [-0.4, -0.2) is 30.5 Å². The van der Waals surface area contributed by atoms with Crippen molar-refractivity contribution in [2.75, 3.05) is 19.0 Å². The second kappa shape index (κ2) is 7.32. The van der Waals surface area contributed by atoms with Crippen molar-refractivity contribution in [3.8, 4) is 0 Å². The van der Waals surface area contributed by atoms with Gasteiger partial charge in [-0.3, -0.25) is 0 Å². The van der Waals surface area contributed by atoms with Crippen molar-refractivity contribution in [1.82, 2.24) is 0 Å². The van der Waals surface area contributed by atoms with Crippen molar-refractivity contribution >= 4 is 28.3 Å². The van der Waals surface area contributed by atoms with E-state index in [0.29, 0.717) is 13.0 Å². The molecule has 2 atom stereocenters. The number of aliphatic hydroxyl groups is 1. The smallest absolute Gasteiger partial charge is 0.109 e. The zero-order valence-corrected chi connectivity index (χ0v) is 16.0. The Morgan fingerprint density at radius 3 is 2.77 bits per heavy atom. The number of hydrogen-bond donors (Lipinski definition) is 2. The summed E-state index contributed by atoms with van der Waals surface area (Å²) in [5, 5.41) is 14.7. The first-order valence-electron chi connectivity index (χ1n) is 7.75. The van der Waals surface area contributed by atoms with E-state index in [9.17, 15) is 5.11 Å². The third-order valence-electron chi connectivity index (χ3n) is 4.65. The Morgan fingerprint density at radius 2 is 2.14 bits per heavy atom. The van der Waals surface area contributed by atoms with E-state index in [2.05, 4.69) is 66.9 Å². The summed E-state index contributed by atoms with van der Waals surface area (Å²) >= 11 is 2.33. The molecule has 2 N–H and O–H groups in total. The number of allylic oxidation sites excluding steroid dienone is 2. The molecule has 0 spiro atoms. The molecule has 0 aliphatic carbocycles. The molecule has 4 heteroatoms. The Bertz CT molecular complexity index is 566. The third kappa shape index (κ3) is 4.03. The standard InChI is InChI=1S/C18H26INO2/c1-12(2)13(3)7-8-18(21,11-22-4)17-10-14-9-15(19)5-6-16(14)20-17/h5-6,9,17,20-21H,7-8,10-11H2,1-4H3/t17-,18+/m0/s1. The molecule has 0 unspecified atom stereocenters. The van der Waals surface area contributed by atoms with E-state index in [1.54, 1.807) is 7.11 Å². The van der Waals surface area contributed by atoms with E-state index < -0.39 is 5.60 Å². The van der Waals surface area contributed by atoms with E-state index in [-0.39, 0.29) is 6.04 Å². The van der Waals surface area contributed by atoms with Gasteiger partial charge in [-0.2, -0.15) is 0 Å². The van der Waals surface area contributed by atoms with Crippen LogP contribution in [0.3, 0.4) is 0 Å². The van der Waals surface area contributed by atoms with Gasteiger partial charge >= 0.3 is 0 Å². The second-order valence-corrected chi connectivity index (χ2v) is 7.77. The van der Waals surface area contributed by atoms with Crippen molar-refractivity contribution < 1.29 is 9.84 Å². The summed E-state index contributed by atoms with van der Waals surface area (Å²) in [6, 6.07) is 6.39. The molecule has 2 rings (SSSR count). The van der Waals surface area contributed by atoms with Gasteiger partial charge < -0.3 is 15.2 Å². The maximum atomic E-state index is 11.2. The number of halogens is 1. The normalized spacial score (nSPS) is 19.3. The van der Waals surface area contributed by atoms with Gasteiger partial charge in [-0.15, -0.1) is 0 Å². The summed E-state index contributed by atoms with van der Waals surface area (Å²) in [4.78, 5) is 0. The molecule has 0 fully saturated rings. The molecule has 0 bridgehead atoms. The van der Waals surface area contributed by atoms with Gasteiger partial charge in [0.05, 0.1) is 12.6 Å². The zero-order valence-electron chi connectivity index (χ0n) is 13.9. The van der Waals surface area contributed by atoms with E-state index in [0.717, 1.165) is 18.5 Å². The van der Waals surface area contributed by atoms with Crippen LogP contribution >= 0.6 is 22.6 Å². The van der Waals surface area contributed by atoms with Gasteiger partial charge in [-0.1, -0.05) is 11.1 Å². The minimum atomic E-state index is -0.851. The van der Waals surface area contributed by atoms with Gasteiger partial charge in [0.1, 0.15) is 5.60 Å². The van der Waals surface area contributed by atoms with Gasteiger partial charge in [-0.25, -0.2) is 0 Å². The van der Waals surface area contributed by atoms with Crippen LogP contribution in [0.25, 0.3) is 0 Å². The van der Waals surface area contributed by atoms with Crippen molar-refractivity contribution in [2.45, 2.75) is 51.7 Å². The number of hydrogen-bond acceptors (Lipinski definition) is 3. The van der Waals surface area contributed by atoms with Crippen LogP contribution in [0.2, 0.25) is 0 Å². The fourth-order valence-corrected chi connectivity index (χ4v) is 3.46. The molecule has 0 amide bonds. The minimum Gasteiger partial charge on any atom is -0.385 e. The Kier molecular flexibility index (Phi) is 5.91. The highest BCUT2D eigenvalue weighted by molar-refractivity contribution is 14.1. The Hall–Kier alpha value is -0.590. The monoisotopic (exact) mass is 415 g/mol. The number of fused-ring (bicyclic) bond motifs is 1. The maximum absolute atomic E-state index is 11.2. The van der Waals surface area contributed by atoms with Gasteiger partial charge in [0.15, 0.2) is 0 Å².